The Morgan fingerprint density at radius 2 is 1.68 bits per heavy atom. The smallest absolute Gasteiger partial charge is 0.227 e. The Bertz CT molecular complexity index is 549. The molecule has 0 spiro atoms. The number of rotatable bonds is 9. The molecule has 1 rings (SSSR count). The fraction of sp³-hybridized carbons (Fsp3) is 0.632. The van der Waals surface area contributed by atoms with Crippen LogP contribution in [0.4, 0.5) is 0 Å². The van der Waals surface area contributed by atoms with Gasteiger partial charge in [-0.05, 0) is 30.5 Å². The van der Waals surface area contributed by atoms with Gasteiger partial charge < -0.3 is 20.5 Å². The van der Waals surface area contributed by atoms with E-state index in [0.29, 0.717) is 24.6 Å². The largest absolute Gasteiger partial charge is 0.493 e. The van der Waals surface area contributed by atoms with Crippen LogP contribution in [-0.4, -0.2) is 33.2 Å². The first-order chi connectivity index (χ1) is 11.3. The first-order valence-electron chi connectivity index (χ1n) is 8.51. The number of halogens is 1. The molecule has 5 nitrogen and oxygen atoms in total. The third-order valence-electron chi connectivity index (χ3n) is 5.08. The Morgan fingerprint density at radius 3 is 2.12 bits per heavy atom. The van der Waals surface area contributed by atoms with Gasteiger partial charge in [0.1, 0.15) is 0 Å². The Balaban J connectivity index is 0.00000576. The maximum Gasteiger partial charge on any atom is 0.227 e. The van der Waals surface area contributed by atoms with Crippen molar-refractivity contribution in [1.82, 2.24) is 5.32 Å². The van der Waals surface area contributed by atoms with E-state index >= 15 is 0 Å². The topological polar surface area (TPSA) is 73.6 Å². The summed E-state index contributed by atoms with van der Waals surface area (Å²) in [5, 5.41) is 3.09. The number of nitrogens with two attached hydrogens (primary N) is 1. The molecule has 0 aliphatic carbocycles. The second-order valence-corrected chi connectivity index (χ2v) is 6.83. The van der Waals surface area contributed by atoms with Gasteiger partial charge in [0.05, 0.1) is 19.6 Å². The molecule has 0 aliphatic rings. The van der Waals surface area contributed by atoms with E-state index in [2.05, 4.69) is 19.2 Å². The predicted molar refractivity (Wildman–Crippen MR) is 105 cm³/mol. The first-order valence-corrected chi connectivity index (χ1v) is 8.51. The van der Waals surface area contributed by atoms with Crippen LogP contribution in [-0.2, 0) is 10.2 Å². The van der Waals surface area contributed by atoms with E-state index in [1.165, 1.54) is 0 Å². The van der Waals surface area contributed by atoms with Crippen LogP contribution in [0, 0.1) is 5.41 Å². The molecule has 0 fully saturated rings. The fourth-order valence-corrected chi connectivity index (χ4v) is 2.80. The molecule has 0 radical (unpaired) electrons. The summed E-state index contributed by atoms with van der Waals surface area (Å²) in [6.45, 7) is 9.10. The van der Waals surface area contributed by atoms with Crippen molar-refractivity contribution < 1.29 is 14.3 Å². The molecule has 6 heteroatoms. The van der Waals surface area contributed by atoms with E-state index in [0.717, 1.165) is 18.4 Å². The highest BCUT2D eigenvalue weighted by atomic mass is 35.5. The summed E-state index contributed by atoms with van der Waals surface area (Å²) < 4.78 is 10.7. The van der Waals surface area contributed by atoms with E-state index < -0.39 is 5.41 Å². The molecule has 1 amide bonds. The minimum absolute atomic E-state index is 0. The molecule has 0 heterocycles. The van der Waals surface area contributed by atoms with Crippen LogP contribution in [0.15, 0.2) is 18.2 Å². The molecule has 0 aromatic heterocycles. The van der Waals surface area contributed by atoms with Gasteiger partial charge in [-0.3, -0.25) is 4.79 Å². The normalized spacial score (nSPS) is 11.5. The SMILES string of the molecule is CCC(CC)(CN)C(=O)NCC(C)(C)c1ccc(OC)c(OC)c1.Cl. The number of hydrogen-bond donors (Lipinski definition) is 2. The molecule has 1 aromatic carbocycles. The lowest BCUT2D eigenvalue weighted by Gasteiger charge is -2.32. The van der Waals surface area contributed by atoms with Gasteiger partial charge in [-0.15, -0.1) is 12.4 Å². The molecule has 0 aliphatic heterocycles. The molecular weight excluding hydrogens is 340 g/mol. The van der Waals surface area contributed by atoms with Crippen LogP contribution in [0.5, 0.6) is 11.5 Å². The van der Waals surface area contributed by atoms with Crippen molar-refractivity contribution in [2.75, 3.05) is 27.3 Å². The molecule has 0 atom stereocenters. The number of hydrogen-bond acceptors (Lipinski definition) is 4. The summed E-state index contributed by atoms with van der Waals surface area (Å²) in [7, 11) is 3.24. The minimum Gasteiger partial charge on any atom is -0.493 e. The zero-order valence-corrected chi connectivity index (χ0v) is 17.1. The van der Waals surface area contributed by atoms with Gasteiger partial charge in [0.2, 0.25) is 5.91 Å². The van der Waals surface area contributed by atoms with Gasteiger partial charge >= 0.3 is 0 Å². The highest BCUT2D eigenvalue weighted by Gasteiger charge is 2.34. The second kappa shape index (κ2) is 9.88. The summed E-state index contributed by atoms with van der Waals surface area (Å²) in [5.74, 6) is 1.41. The van der Waals surface area contributed by atoms with E-state index in [1.807, 2.05) is 32.0 Å². The van der Waals surface area contributed by atoms with Crippen LogP contribution in [0.2, 0.25) is 0 Å². The van der Waals surface area contributed by atoms with Crippen molar-refractivity contribution in [3.05, 3.63) is 23.8 Å². The number of benzene rings is 1. The van der Waals surface area contributed by atoms with Crippen molar-refractivity contribution in [3.63, 3.8) is 0 Å². The average molecular weight is 373 g/mol. The van der Waals surface area contributed by atoms with Gasteiger partial charge in [-0.1, -0.05) is 33.8 Å². The molecule has 0 saturated heterocycles. The Labute approximate surface area is 158 Å². The third-order valence-corrected chi connectivity index (χ3v) is 5.08. The van der Waals surface area contributed by atoms with Gasteiger partial charge in [0.25, 0.3) is 0 Å². The van der Waals surface area contributed by atoms with Crippen molar-refractivity contribution in [3.8, 4) is 11.5 Å². The van der Waals surface area contributed by atoms with Crippen LogP contribution < -0.4 is 20.5 Å². The molecule has 25 heavy (non-hydrogen) atoms. The van der Waals surface area contributed by atoms with Crippen LogP contribution in [0.25, 0.3) is 0 Å². The summed E-state index contributed by atoms with van der Waals surface area (Å²) in [6, 6.07) is 5.85. The molecular formula is C19H33ClN2O3. The summed E-state index contributed by atoms with van der Waals surface area (Å²) in [5.41, 5.74) is 6.22. The maximum atomic E-state index is 12.6. The standard InChI is InChI=1S/C19H32N2O3.ClH/c1-7-19(8-2,12-20)17(22)21-13-18(3,4)14-9-10-15(23-5)16(11-14)24-6;/h9-11H,7-8,12-13,20H2,1-6H3,(H,21,22);1H. The van der Waals surface area contributed by atoms with E-state index in [4.69, 9.17) is 15.2 Å². The summed E-state index contributed by atoms with van der Waals surface area (Å²) >= 11 is 0. The summed E-state index contributed by atoms with van der Waals surface area (Å²) in [6.07, 6.45) is 1.48. The highest BCUT2D eigenvalue weighted by molar-refractivity contribution is 5.85. The van der Waals surface area contributed by atoms with Gasteiger partial charge in [-0.25, -0.2) is 0 Å². The molecule has 0 saturated carbocycles. The van der Waals surface area contributed by atoms with Crippen molar-refractivity contribution >= 4 is 18.3 Å². The van der Waals surface area contributed by atoms with Gasteiger partial charge in [0.15, 0.2) is 11.5 Å². The first kappa shape index (κ1) is 23.5. The van der Waals surface area contributed by atoms with Crippen LogP contribution in [0.3, 0.4) is 0 Å². The average Bonchev–Trinajstić information content (AvgIpc) is 2.61. The number of nitrogens with one attached hydrogen (secondary N) is 1. The zero-order chi connectivity index (χ0) is 18.4. The molecule has 3 N–H and O–H groups in total. The van der Waals surface area contributed by atoms with E-state index in [-0.39, 0.29) is 23.7 Å². The van der Waals surface area contributed by atoms with E-state index in [9.17, 15) is 4.79 Å². The zero-order valence-electron chi connectivity index (χ0n) is 16.3. The second-order valence-electron chi connectivity index (χ2n) is 6.83. The number of carbonyl (C=O) groups excluding carboxylic acids is 1. The van der Waals surface area contributed by atoms with Crippen LogP contribution >= 0.6 is 12.4 Å². The number of carbonyl (C=O) groups is 1. The van der Waals surface area contributed by atoms with Gasteiger partial charge in [-0.2, -0.15) is 0 Å². The van der Waals surface area contributed by atoms with E-state index in [1.54, 1.807) is 14.2 Å². The molecule has 1 aromatic rings. The molecule has 0 bridgehead atoms. The van der Waals surface area contributed by atoms with Gasteiger partial charge in [0, 0.05) is 18.5 Å². The Kier molecular flexibility index (Phi) is 9.30. The van der Waals surface area contributed by atoms with Crippen LogP contribution in [0.1, 0.15) is 46.1 Å². The lowest BCUT2D eigenvalue weighted by Crippen LogP contribution is -2.48. The lowest BCUT2D eigenvalue weighted by atomic mass is 9.80. The molecule has 144 valence electrons. The summed E-state index contributed by atoms with van der Waals surface area (Å²) in [4.78, 5) is 12.6. The maximum absolute atomic E-state index is 12.6. The monoisotopic (exact) mass is 372 g/mol. The lowest BCUT2D eigenvalue weighted by molar-refractivity contribution is -0.131. The quantitative estimate of drug-likeness (QED) is 0.697. The van der Waals surface area contributed by atoms with Crippen molar-refractivity contribution in [1.29, 1.82) is 0 Å². The number of amides is 1. The third kappa shape index (κ3) is 5.25. The molecule has 0 unspecified atom stereocenters. The van der Waals surface area contributed by atoms with Crippen molar-refractivity contribution in [2.24, 2.45) is 11.1 Å². The fourth-order valence-electron chi connectivity index (χ4n) is 2.80. The predicted octanol–water partition coefficient (Wildman–Crippen LogP) is 3.28. The Morgan fingerprint density at radius 1 is 1.12 bits per heavy atom. The number of methoxy groups -OCH3 is 2. The minimum atomic E-state index is -0.478. The Hall–Kier alpha value is -1.46. The van der Waals surface area contributed by atoms with Crippen molar-refractivity contribution in [2.45, 2.75) is 46.0 Å². The highest BCUT2D eigenvalue weighted by Crippen LogP contribution is 2.33. The number of ether oxygens (including phenoxy) is 2.